The standard InChI is InChI=1S/C34H39N7O4.HI/c1-24(2)45-34(43)44-23-41-15-5-6-28(22-41)30-13-14-35-33(37-30)38-31-20-29(12-7-25(31)3)36-32(42)27-10-8-26(9-11-27)21-40-18-16-39(4)17-19-40;/h5-15,20,22,24H,16-19,21,23H2,1-4H3,(H-,35,36,37,38,42);1H/p+1. The fourth-order valence-electron chi connectivity index (χ4n) is 4.87. The predicted molar refractivity (Wildman–Crippen MR) is 187 cm³/mol. The van der Waals surface area contributed by atoms with Crippen molar-refractivity contribution in [1.82, 2.24) is 19.8 Å². The number of hydrogen-bond donors (Lipinski definition) is 2. The van der Waals surface area contributed by atoms with Crippen LogP contribution in [0.3, 0.4) is 0 Å². The van der Waals surface area contributed by atoms with E-state index in [2.05, 4.69) is 37.4 Å². The number of amides is 1. The summed E-state index contributed by atoms with van der Waals surface area (Å²) in [4.78, 5) is 38.7. The van der Waals surface area contributed by atoms with Gasteiger partial charge in [0.1, 0.15) is 0 Å². The summed E-state index contributed by atoms with van der Waals surface area (Å²) < 4.78 is 11.9. The average Bonchev–Trinajstić information content (AvgIpc) is 3.03. The number of piperazine rings is 1. The van der Waals surface area contributed by atoms with Gasteiger partial charge in [0, 0.05) is 61.9 Å². The van der Waals surface area contributed by atoms with Crippen molar-refractivity contribution in [2.24, 2.45) is 0 Å². The molecule has 0 spiro atoms. The molecule has 11 nitrogen and oxygen atoms in total. The molecule has 242 valence electrons. The highest BCUT2D eigenvalue weighted by molar-refractivity contribution is 14.0. The van der Waals surface area contributed by atoms with Gasteiger partial charge in [0.05, 0.1) is 17.4 Å². The molecule has 12 heteroatoms. The number of benzene rings is 2. The van der Waals surface area contributed by atoms with Gasteiger partial charge in [0.25, 0.3) is 12.6 Å². The van der Waals surface area contributed by atoms with Crippen LogP contribution in [0.5, 0.6) is 0 Å². The number of halogens is 1. The van der Waals surface area contributed by atoms with E-state index in [0.717, 1.165) is 49.5 Å². The Labute approximate surface area is 287 Å². The molecule has 0 radical (unpaired) electrons. The number of pyridine rings is 1. The van der Waals surface area contributed by atoms with Crippen LogP contribution in [-0.2, 0) is 22.7 Å². The summed E-state index contributed by atoms with van der Waals surface area (Å²) in [6.45, 7) is 10.7. The van der Waals surface area contributed by atoms with Gasteiger partial charge < -0.3 is 25.0 Å². The number of carbonyl (C=O) groups is 2. The van der Waals surface area contributed by atoms with E-state index in [0.29, 0.717) is 22.9 Å². The largest absolute Gasteiger partial charge is 0.513 e. The van der Waals surface area contributed by atoms with Gasteiger partial charge in [0.2, 0.25) is 5.95 Å². The van der Waals surface area contributed by atoms with Crippen molar-refractivity contribution in [3.8, 4) is 11.3 Å². The zero-order chi connectivity index (χ0) is 31.8. The highest BCUT2D eigenvalue weighted by Gasteiger charge is 2.15. The van der Waals surface area contributed by atoms with Gasteiger partial charge in [-0.15, -0.1) is 24.0 Å². The first-order valence-electron chi connectivity index (χ1n) is 15.1. The molecule has 0 bridgehead atoms. The monoisotopic (exact) mass is 738 g/mol. The molecule has 2 N–H and O–H groups in total. The fraction of sp³-hybridized carbons (Fsp3) is 0.324. The summed E-state index contributed by atoms with van der Waals surface area (Å²) in [5, 5.41) is 6.29. The second-order valence-corrected chi connectivity index (χ2v) is 11.4. The highest BCUT2D eigenvalue weighted by atomic mass is 127. The number of hydrogen-bond acceptors (Lipinski definition) is 9. The van der Waals surface area contributed by atoms with E-state index < -0.39 is 6.16 Å². The fourth-order valence-corrected chi connectivity index (χ4v) is 4.87. The first-order chi connectivity index (χ1) is 21.7. The Morgan fingerprint density at radius 2 is 1.78 bits per heavy atom. The van der Waals surface area contributed by atoms with E-state index in [1.165, 1.54) is 5.56 Å². The minimum Gasteiger partial charge on any atom is -0.431 e. The molecule has 1 aliphatic heterocycles. The van der Waals surface area contributed by atoms with Crippen molar-refractivity contribution < 1.29 is 23.6 Å². The summed E-state index contributed by atoms with van der Waals surface area (Å²) in [6, 6.07) is 19.1. The van der Waals surface area contributed by atoms with Crippen molar-refractivity contribution in [3.05, 3.63) is 95.9 Å². The van der Waals surface area contributed by atoms with Crippen LogP contribution >= 0.6 is 24.0 Å². The van der Waals surface area contributed by atoms with Crippen LogP contribution in [0.2, 0.25) is 0 Å². The van der Waals surface area contributed by atoms with E-state index in [4.69, 9.17) is 9.47 Å². The van der Waals surface area contributed by atoms with Gasteiger partial charge in [-0.1, -0.05) is 18.2 Å². The second-order valence-electron chi connectivity index (χ2n) is 11.4. The van der Waals surface area contributed by atoms with Crippen LogP contribution in [-0.4, -0.2) is 71.2 Å². The third kappa shape index (κ3) is 9.93. The number of likely N-dealkylation sites (N-methyl/N-ethyl adjacent to an activating group) is 1. The number of rotatable bonds is 10. The van der Waals surface area contributed by atoms with Crippen LogP contribution in [0.4, 0.5) is 22.1 Å². The molecule has 46 heavy (non-hydrogen) atoms. The number of ether oxygens (including phenoxy) is 2. The quantitative estimate of drug-likeness (QED) is 0.122. The zero-order valence-corrected chi connectivity index (χ0v) is 28.9. The molecule has 0 aliphatic carbocycles. The van der Waals surface area contributed by atoms with Crippen molar-refractivity contribution in [3.63, 3.8) is 0 Å². The minimum absolute atomic E-state index is 0. The third-order valence-electron chi connectivity index (χ3n) is 7.43. The molecule has 3 heterocycles. The van der Waals surface area contributed by atoms with Crippen molar-refractivity contribution in [2.75, 3.05) is 43.9 Å². The number of nitrogens with one attached hydrogen (secondary N) is 2. The normalized spacial score (nSPS) is 13.5. The molecular weight excluding hydrogens is 697 g/mol. The van der Waals surface area contributed by atoms with Crippen LogP contribution in [0.15, 0.2) is 79.3 Å². The lowest BCUT2D eigenvalue weighted by Gasteiger charge is -2.32. The van der Waals surface area contributed by atoms with Crippen molar-refractivity contribution in [2.45, 2.75) is 40.2 Å². The van der Waals surface area contributed by atoms with Gasteiger partial charge in [-0.25, -0.2) is 14.8 Å². The highest BCUT2D eigenvalue weighted by Crippen LogP contribution is 2.25. The molecule has 5 rings (SSSR count). The molecule has 1 fully saturated rings. The predicted octanol–water partition coefficient (Wildman–Crippen LogP) is 5.62. The van der Waals surface area contributed by atoms with E-state index in [9.17, 15) is 9.59 Å². The molecular formula is C34H41IN7O4+. The Hall–Kier alpha value is -4.14. The van der Waals surface area contributed by atoms with Crippen LogP contribution in [0.1, 0.15) is 35.3 Å². The lowest BCUT2D eigenvalue weighted by atomic mass is 10.1. The Balaban J connectivity index is 0.00000480. The molecule has 1 amide bonds. The van der Waals surface area contributed by atoms with Gasteiger partial charge in [0.15, 0.2) is 12.4 Å². The lowest BCUT2D eigenvalue weighted by Crippen LogP contribution is -2.43. The first kappa shape index (κ1) is 34.7. The van der Waals surface area contributed by atoms with Crippen LogP contribution < -0.4 is 15.2 Å². The Morgan fingerprint density at radius 1 is 1.02 bits per heavy atom. The van der Waals surface area contributed by atoms with E-state index >= 15 is 0 Å². The third-order valence-corrected chi connectivity index (χ3v) is 7.43. The summed E-state index contributed by atoms with van der Waals surface area (Å²) in [7, 11) is 2.15. The molecule has 4 aromatic rings. The van der Waals surface area contributed by atoms with E-state index in [1.807, 2.05) is 67.7 Å². The topological polar surface area (TPSA) is 113 Å². The molecule has 1 saturated heterocycles. The number of nitrogens with zero attached hydrogens (tertiary/aromatic N) is 5. The van der Waals surface area contributed by atoms with Crippen molar-refractivity contribution >= 4 is 53.4 Å². The van der Waals surface area contributed by atoms with Crippen molar-refractivity contribution in [1.29, 1.82) is 0 Å². The van der Waals surface area contributed by atoms with Crippen LogP contribution in [0, 0.1) is 6.92 Å². The maximum atomic E-state index is 13.1. The Morgan fingerprint density at radius 3 is 2.52 bits per heavy atom. The zero-order valence-electron chi connectivity index (χ0n) is 26.6. The molecule has 0 saturated carbocycles. The van der Waals surface area contributed by atoms with Gasteiger partial charge in [-0.05, 0) is 75.3 Å². The summed E-state index contributed by atoms with van der Waals surface area (Å²) in [5.41, 5.74) is 5.70. The number of anilines is 3. The average molecular weight is 739 g/mol. The summed E-state index contributed by atoms with van der Waals surface area (Å²) in [6.07, 6.45) is 4.32. The maximum absolute atomic E-state index is 13.1. The number of carbonyl (C=O) groups excluding carboxylic acids is 2. The lowest BCUT2D eigenvalue weighted by molar-refractivity contribution is -0.727. The smallest absolute Gasteiger partial charge is 0.431 e. The maximum Gasteiger partial charge on any atom is 0.513 e. The van der Waals surface area contributed by atoms with Crippen LogP contribution in [0.25, 0.3) is 11.3 Å². The molecule has 0 unspecified atom stereocenters. The molecule has 1 aliphatic rings. The minimum atomic E-state index is -0.722. The SMILES string of the molecule is Cc1ccc(NC(=O)c2ccc(CN3CCN(C)CC3)cc2)cc1Nc1nccc(-c2ccc[n+](COC(=O)OC(C)C)c2)n1.I. The molecule has 2 aromatic carbocycles. The first-order valence-corrected chi connectivity index (χ1v) is 15.1. The summed E-state index contributed by atoms with van der Waals surface area (Å²) in [5.74, 6) is 0.232. The molecule has 0 atom stereocenters. The Bertz CT molecular complexity index is 1630. The number of aryl methyl sites for hydroxylation is 1. The van der Waals surface area contributed by atoms with Gasteiger partial charge in [-0.3, -0.25) is 9.69 Å². The Kier molecular flexibility index (Phi) is 12.4. The molecule has 2 aromatic heterocycles. The number of aromatic nitrogens is 3. The van der Waals surface area contributed by atoms with E-state index in [-0.39, 0.29) is 42.7 Å². The van der Waals surface area contributed by atoms with Gasteiger partial charge >= 0.3 is 6.16 Å². The summed E-state index contributed by atoms with van der Waals surface area (Å²) >= 11 is 0. The second kappa shape index (κ2) is 16.4. The van der Waals surface area contributed by atoms with E-state index in [1.54, 1.807) is 36.9 Å². The van der Waals surface area contributed by atoms with Gasteiger partial charge in [-0.2, -0.15) is 4.57 Å².